The van der Waals surface area contributed by atoms with E-state index in [0.29, 0.717) is 6.61 Å². The lowest BCUT2D eigenvalue weighted by atomic mass is 9.64. The van der Waals surface area contributed by atoms with Crippen LogP contribution >= 0.6 is 0 Å². The summed E-state index contributed by atoms with van der Waals surface area (Å²) in [4.78, 5) is 13.0. The standard InChI is InChI=1S/C20H34O2/c1-11-22-20(19(8,9)10)12-14(17(2,3)4)16(21)15(13-20)18(5,6)7/h12-13H,11H2,1-10H3. The highest BCUT2D eigenvalue weighted by Gasteiger charge is 2.47. The third kappa shape index (κ3) is 3.53. The topological polar surface area (TPSA) is 26.3 Å². The van der Waals surface area contributed by atoms with Crippen LogP contribution in [0.5, 0.6) is 0 Å². The Labute approximate surface area is 137 Å². The molecule has 0 aromatic heterocycles. The molecule has 22 heavy (non-hydrogen) atoms. The maximum atomic E-state index is 13.0. The van der Waals surface area contributed by atoms with Gasteiger partial charge in [0.05, 0.1) is 0 Å². The number of hydrogen-bond donors (Lipinski definition) is 0. The average Bonchev–Trinajstić information content (AvgIpc) is 2.27. The monoisotopic (exact) mass is 306 g/mol. The van der Waals surface area contributed by atoms with Crippen molar-refractivity contribution in [2.24, 2.45) is 16.2 Å². The van der Waals surface area contributed by atoms with E-state index in [-0.39, 0.29) is 22.0 Å². The molecule has 0 radical (unpaired) electrons. The Morgan fingerprint density at radius 3 is 1.45 bits per heavy atom. The molecular weight excluding hydrogens is 272 g/mol. The molecule has 0 fully saturated rings. The third-order valence-corrected chi connectivity index (χ3v) is 4.38. The van der Waals surface area contributed by atoms with Gasteiger partial charge in [-0.25, -0.2) is 0 Å². The molecular formula is C20H34O2. The van der Waals surface area contributed by atoms with Crippen molar-refractivity contribution in [2.45, 2.75) is 74.8 Å². The van der Waals surface area contributed by atoms with Gasteiger partial charge in [-0.15, -0.1) is 0 Å². The number of ether oxygens (including phenoxy) is 1. The molecule has 0 saturated carbocycles. The van der Waals surface area contributed by atoms with Gasteiger partial charge in [0.15, 0.2) is 5.78 Å². The lowest BCUT2D eigenvalue weighted by molar-refractivity contribution is -0.115. The fourth-order valence-electron chi connectivity index (χ4n) is 2.83. The number of ketones is 1. The van der Waals surface area contributed by atoms with Gasteiger partial charge in [-0.1, -0.05) is 62.3 Å². The van der Waals surface area contributed by atoms with E-state index in [1.165, 1.54) is 0 Å². The number of carbonyl (C=O) groups is 1. The molecule has 2 heteroatoms. The second kappa shape index (κ2) is 5.63. The van der Waals surface area contributed by atoms with E-state index in [9.17, 15) is 4.79 Å². The lowest BCUT2D eigenvalue weighted by Crippen LogP contribution is -2.47. The fourth-order valence-corrected chi connectivity index (χ4v) is 2.83. The highest BCUT2D eigenvalue weighted by atomic mass is 16.5. The van der Waals surface area contributed by atoms with Gasteiger partial charge in [-0.2, -0.15) is 0 Å². The Morgan fingerprint density at radius 2 is 1.23 bits per heavy atom. The number of carbonyl (C=O) groups excluding carboxylic acids is 1. The second-order valence-corrected chi connectivity index (χ2v) is 9.42. The predicted molar refractivity (Wildman–Crippen MR) is 93.9 cm³/mol. The molecule has 0 bridgehead atoms. The summed E-state index contributed by atoms with van der Waals surface area (Å²) < 4.78 is 6.23. The minimum Gasteiger partial charge on any atom is -0.366 e. The van der Waals surface area contributed by atoms with Crippen molar-refractivity contribution < 1.29 is 9.53 Å². The largest absolute Gasteiger partial charge is 0.366 e. The van der Waals surface area contributed by atoms with Gasteiger partial charge < -0.3 is 4.74 Å². The van der Waals surface area contributed by atoms with Crippen molar-refractivity contribution in [3.63, 3.8) is 0 Å². The maximum absolute atomic E-state index is 13.0. The average molecular weight is 306 g/mol. The Balaban J connectivity index is 3.69. The first-order chi connectivity index (χ1) is 9.66. The molecule has 0 saturated heterocycles. The maximum Gasteiger partial charge on any atom is 0.185 e. The minimum atomic E-state index is -0.541. The number of hydrogen-bond acceptors (Lipinski definition) is 2. The predicted octanol–water partition coefficient (Wildman–Crippen LogP) is 5.34. The summed E-state index contributed by atoms with van der Waals surface area (Å²) in [5.74, 6) is 0.166. The molecule has 1 aliphatic carbocycles. The van der Waals surface area contributed by atoms with Crippen molar-refractivity contribution in [2.75, 3.05) is 6.61 Å². The van der Waals surface area contributed by atoms with Crippen LogP contribution in [0.4, 0.5) is 0 Å². The van der Waals surface area contributed by atoms with Crippen molar-refractivity contribution in [1.29, 1.82) is 0 Å². The zero-order chi connectivity index (χ0) is 17.6. The highest BCUT2D eigenvalue weighted by Crippen LogP contribution is 2.47. The van der Waals surface area contributed by atoms with Crippen LogP contribution in [0.15, 0.2) is 23.3 Å². The Kier molecular flexibility index (Phi) is 4.90. The minimum absolute atomic E-state index is 0.128. The molecule has 0 spiro atoms. The van der Waals surface area contributed by atoms with Gasteiger partial charge in [0, 0.05) is 17.8 Å². The summed E-state index contributed by atoms with van der Waals surface area (Å²) in [6.07, 6.45) is 4.15. The number of Topliss-reactive ketones (excluding diaryl/α,β-unsaturated/α-hetero) is 1. The zero-order valence-electron chi connectivity index (χ0n) is 16.2. The highest BCUT2D eigenvalue weighted by molar-refractivity contribution is 6.11. The molecule has 0 atom stereocenters. The van der Waals surface area contributed by atoms with Crippen LogP contribution in [-0.2, 0) is 9.53 Å². The van der Waals surface area contributed by atoms with Crippen LogP contribution in [0.25, 0.3) is 0 Å². The number of allylic oxidation sites excluding steroid dienone is 2. The normalized spacial score (nSPS) is 19.8. The van der Waals surface area contributed by atoms with Crippen molar-refractivity contribution in [1.82, 2.24) is 0 Å². The van der Waals surface area contributed by atoms with Gasteiger partial charge >= 0.3 is 0 Å². The van der Waals surface area contributed by atoms with Crippen molar-refractivity contribution >= 4 is 5.78 Å². The molecule has 1 rings (SSSR count). The summed E-state index contributed by atoms with van der Waals surface area (Å²) >= 11 is 0. The third-order valence-electron chi connectivity index (χ3n) is 4.38. The first kappa shape index (κ1) is 19.2. The van der Waals surface area contributed by atoms with E-state index in [4.69, 9.17) is 4.74 Å². The molecule has 0 aromatic carbocycles. The van der Waals surface area contributed by atoms with Gasteiger partial charge in [0.1, 0.15) is 5.60 Å². The van der Waals surface area contributed by atoms with Crippen molar-refractivity contribution in [3.05, 3.63) is 23.3 Å². The molecule has 0 aliphatic heterocycles. The molecule has 0 unspecified atom stereocenters. The fraction of sp³-hybridized carbons (Fsp3) is 0.750. The number of rotatable bonds is 2. The van der Waals surface area contributed by atoms with E-state index in [1.807, 2.05) is 6.92 Å². The molecule has 0 N–H and O–H groups in total. The smallest absolute Gasteiger partial charge is 0.185 e. The summed E-state index contributed by atoms with van der Waals surface area (Å²) in [6.45, 7) is 21.7. The van der Waals surface area contributed by atoms with Crippen LogP contribution in [0.2, 0.25) is 0 Å². The molecule has 1 aliphatic rings. The summed E-state index contributed by atoms with van der Waals surface area (Å²) in [5, 5.41) is 0. The van der Waals surface area contributed by atoms with Crippen LogP contribution in [0.1, 0.15) is 69.2 Å². The first-order valence-electron chi connectivity index (χ1n) is 8.31. The zero-order valence-corrected chi connectivity index (χ0v) is 16.2. The van der Waals surface area contributed by atoms with E-state index in [0.717, 1.165) is 11.1 Å². The first-order valence-corrected chi connectivity index (χ1v) is 8.31. The van der Waals surface area contributed by atoms with E-state index < -0.39 is 5.60 Å². The Morgan fingerprint density at radius 1 is 0.864 bits per heavy atom. The molecule has 0 heterocycles. The quantitative estimate of drug-likeness (QED) is 0.688. The van der Waals surface area contributed by atoms with Gasteiger partial charge in [-0.3, -0.25) is 4.79 Å². The second-order valence-electron chi connectivity index (χ2n) is 9.42. The Bertz CT molecular complexity index is 465. The van der Waals surface area contributed by atoms with E-state index in [2.05, 4.69) is 74.5 Å². The van der Waals surface area contributed by atoms with E-state index >= 15 is 0 Å². The summed E-state index contributed by atoms with van der Waals surface area (Å²) in [7, 11) is 0. The SMILES string of the molecule is CCOC1(C(C)(C)C)C=C(C(C)(C)C)C(=O)C(C(C)(C)C)=C1. The summed E-state index contributed by atoms with van der Waals surface area (Å²) in [5.41, 5.74) is 0.661. The van der Waals surface area contributed by atoms with E-state index in [1.54, 1.807) is 0 Å². The lowest BCUT2D eigenvalue weighted by Gasteiger charge is -2.46. The van der Waals surface area contributed by atoms with Crippen LogP contribution in [0, 0.1) is 16.2 Å². The Hall–Kier alpha value is -0.890. The van der Waals surface area contributed by atoms with Gasteiger partial charge in [0.2, 0.25) is 0 Å². The molecule has 126 valence electrons. The van der Waals surface area contributed by atoms with Crippen LogP contribution < -0.4 is 0 Å². The van der Waals surface area contributed by atoms with Crippen LogP contribution in [0.3, 0.4) is 0 Å². The van der Waals surface area contributed by atoms with Crippen LogP contribution in [-0.4, -0.2) is 18.0 Å². The molecule has 0 amide bonds. The summed E-state index contributed by atoms with van der Waals surface area (Å²) in [6, 6.07) is 0. The van der Waals surface area contributed by atoms with Gasteiger partial charge in [-0.05, 0) is 35.3 Å². The van der Waals surface area contributed by atoms with Crippen molar-refractivity contribution in [3.8, 4) is 0 Å². The molecule has 2 nitrogen and oxygen atoms in total. The molecule has 0 aromatic rings. The van der Waals surface area contributed by atoms with Gasteiger partial charge in [0.25, 0.3) is 0 Å².